The van der Waals surface area contributed by atoms with Gasteiger partial charge in [0, 0.05) is 12.6 Å². The average molecular weight is 407 g/mol. The predicted octanol–water partition coefficient (Wildman–Crippen LogP) is 2.22. The highest BCUT2D eigenvalue weighted by atomic mass is 32.2. The minimum Gasteiger partial charge on any atom is -0.493 e. The van der Waals surface area contributed by atoms with Gasteiger partial charge in [-0.05, 0) is 31.0 Å². The Balaban J connectivity index is 2.17. The lowest BCUT2D eigenvalue weighted by atomic mass is 10.1. The highest BCUT2D eigenvalue weighted by Crippen LogP contribution is 2.33. The summed E-state index contributed by atoms with van der Waals surface area (Å²) in [5, 5.41) is 2.80. The summed E-state index contributed by atoms with van der Waals surface area (Å²) >= 11 is 0. The summed E-state index contributed by atoms with van der Waals surface area (Å²) in [5.74, 6) is 0.473. The molecule has 2 aromatic carbocycles. The van der Waals surface area contributed by atoms with Crippen molar-refractivity contribution in [2.75, 3.05) is 31.3 Å². The van der Waals surface area contributed by atoms with Gasteiger partial charge < -0.3 is 14.8 Å². The van der Waals surface area contributed by atoms with Gasteiger partial charge in [-0.3, -0.25) is 9.10 Å². The Kier molecular flexibility index (Phi) is 7.28. The number of nitrogens with zero attached hydrogens (tertiary/aromatic N) is 1. The molecule has 0 spiro atoms. The fourth-order valence-corrected chi connectivity index (χ4v) is 4.06. The first-order valence-electron chi connectivity index (χ1n) is 8.81. The molecular formula is C20H26N2O5S. The number of carbonyl (C=O) groups is 1. The Hall–Kier alpha value is -2.74. The second-order valence-corrected chi connectivity index (χ2v) is 8.16. The van der Waals surface area contributed by atoms with Crippen LogP contribution in [0.4, 0.5) is 5.69 Å². The third-order valence-corrected chi connectivity index (χ3v) is 5.51. The first-order valence-corrected chi connectivity index (χ1v) is 10.7. The van der Waals surface area contributed by atoms with E-state index in [1.165, 1.54) is 20.3 Å². The number of hydrogen-bond acceptors (Lipinski definition) is 5. The van der Waals surface area contributed by atoms with Crippen molar-refractivity contribution in [2.24, 2.45) is 0 Å². The zero-order chi connectivity index (χ0) is 20.7. The number of benzene rings is 2. The molecule has 0 aromatic heterocycles. The van der Waals surface area contributed by atoms with Crippen molar-refractivity contribution in [3.05, 3.63) is 54.1 Å². The lowest BCUT2D eigenvalue weighted by Crippen LogP contribution is -2.48. The summed E-state index contributed by atoms with van der Waals surface area (Å²) in [7, 11) is -0.749. The van der Waals surface area contributed by atoms with Crippen molar-refractivity contribution in [3.8, 4) is 11.5 Å². The van der Waals surface area contributed by atoms with Crippen LogP contribution in [0.3, 0.4) is 0 Å². The molecule has 0 aliphatic carbocycles. The van der Waals surface area contributed by atoms with E-state index < -0.39 is 16.1 Å². The molecule has 2 rings (SSSR count). The van der Waals surface area contributed by atoms with Crippen LogP contribution in [-0.2, 0) is 21.2 Å². The molecule has 1 amide bonds. The fourth-order valence-electron chi connectivity index (χ4n) is 2.89. The molecule has 0 radical (unpaired) electrons. The first-order chi connectivity index (χ1) is 13.3. The maximum absolute atomic E-state index is 12.6. The molecule has 0 heterocycles. The molecule has 0 saturated carbocycles. The van der Waals surface area contributed by atoms with Crippen LogP contribution in [0.2, 0.25) is 0 Å². The summed E-state index contributed by atoms with van der Waals surface area (Å²) in [6.07, 6.45) is 1.73. The summed E-state index contributed by atoms with van der Waals surface area (Å²) in [5.41, 5.74) is 1.42. The average Bonchev–Trinajstić information content (AvgIpc) is 2.67. The monoisotopic (exact) mass is 406 g/mol. The Morgan fingerprint density at radius 2 is 1.71 bits per heavy atom. The third-order valence-electron chi connectivity index (χ3n) is 4.27. The fraction of sp³-hybridized carbons (Fsp3) is 0.350. The molecule has 1 atom stereocenters. The van der Waals surface area contributed by atoms with Gasteiger partial charge in [0.15, 0.2) is 11.5 Å². The van der Waals surface area contributed by atoms with Gasteiger partial charge in [-0.15, -0.1) is 0 Å². The summed E-state index contributed by atoms with van der Waals surface area (Å²) in [6.45, 7) is 1.96. The number of rotatable bonds is 9. The summed E-state index contributed by atoms with van der Waals surface area (Å²) in [4.78, 5) is 12.6. The number of sulfonamides is 1. The van der Waals surface area contributed by atoms with Gasteiger partial charge in [-0.2, -0.15) is 0 Å². The second kappa shape index (κ2) is 9.45. The first kappa shape index (κ1) is 21.6. The zero-order valence-electron chi connectivity index (χ0n) is 16.5. The van der Waals surface area contributed by atoms with Gasteiger partial charge >= 0.3 is 0 Å². The molecule has 7 nitrogen and oxygen atoms in total. The molecule has 2 aromatic rings. The number of carbonyl (C=O) groups excluding carboxylic acids is 1. The summed E-state index contributed by atoms with van der Waals surface area (Å²) < 4.78 is 36.3. The SMILES string of the molecule is COc1ccc(N([C@H](C)C(=O)NCCc2ccccc2)S(C)(=O)=O)cc1OC. The van der Waals surface area contributed by atoms with Crippen molar-refractivity contribution < 1.29 is 22.7 Å². The molecule has 0 saturated heterocycles. The molecular weight excluding hydrogens is 380 g/mol. The topological polar surface area (TPSA) is 84.9 Å². The van der Waals surface area contributed by atoms with Gasteiger partial charge in [0.2, 0.25) is 15.9 Å². The smallest absolute Gasteiger partial charge is 0.243 e. The lowest BCUT2D eigenvalue weighted by Gasteiger charge is -2.28. The van der Waals surface area contributed by atoms with Gasteiger partial charge in [0.05, 0.1) is 26.2 Å². The van der Waals surface area contributed by atoms with E-state index in [0.717, 1.165) is 16.1 Å². The van der Waals surface area contributed by atoms with Gasteiger partial charge in [0.25, 0.3) is 0 Å². The quantitative estimate of drug-likeness (QED) is 0.690. The van der Waals surface area contributed by atoms with Crippen LogP contribution in [0, 0.1) is 0 Å². The number of nitrogens with one attached hydrogen (secondary N) is 1. The molecule has 152 valence electrons. The zero-order valence-corrected chi connectivity index (χ0v) is 17.3. The van der Waals surface area contributed by atoms with Crippen LogP contribution in [0.5, 0.6) is 11.5 Å². The number of anilines is 1. The Labute approximate surface area is 166 Å². The maximum Gasteiger partial charge on any atom is 0.243 e. The van der Waals surface area contributed by atoms with Crippen molar-refractivity contribution >= 4 is 21.6 Å². The van der Waals surface area contributed by atoms with Crippen LogP contribution in [0.25, 0.3) is 0 Å². The van der Waals surface area contributed by atoms with Crippen molar-refractivity contribution in [1.29, 1.82) is 0 Å². The van der Waals surface area contributed by atoms with Crippen LogP contribution in [0.1, 0.15) is 12.5 Å². The Morgan fingerprint density at radius 1 is 1.07 bits per heavy atom. The normalized spacial score (nSPS) is 12.1. The lowest BCUT2D eigenvalue weighted by molar-refractivity contribution is -0.121. The van der Waals surface area contributed by atoms with Crippen molar-refractivity contribution in [3.63, 3.8) is 0 Å². The van der Waals surface area contributed by atoms with Gasteiger partial charge in [-0.1, -0.05) is 30.3 Å². The molecule has 0 fully saturated rings. The van der Waals surface area contributed by atoms with Crippen LogP contribution in [0.15, 0.2) is 48.5 Å². The predicted molar refractivity (Wildman–Crippen MR) is 109 cm³/mol. The molecule has 0 bridgehead atoms. The molecule has 0 aliphatic heterocycles. The maximum atomic E-state index is 12.6. The van der Waals surface area contributed by atoms with Crippen LogP contribution in [-0.4, -0.2) is 47.4 Å². The molecule has 8 heteroatoms. The summed E-state index contributed by atoms with van der Waals surface area (Å²) in [6, 6.07) is 13.5. The number of hydrogen-bond donors (Lipinski definition) is 1. The van der Waals surface area contributed by atoms with E-state index in [1.807, 2.05) is 30.3 Å². The van der Waals surface area contributed by atoms with E-state index in [0.29, 0.717) is 30.2 Å². The second-order valence-electron chi connectivity index (χ2n) is 6.30. The Morgan fingerprint density at radius 3 is 2.29 bits per heavy atom. The van der Waals surface area contributed by atoms with E-state index >= 15 is 0 Å². The van der Waals surface area contributed by atoms with Gasteiger partial charge in [0.1, 0.15) is 6.04 Å². The van der Waals surface area contributed by atoms with Crippen molar-refractivity contribution in [1.82, 2.24) is 5.32 Å². The minimum absolute atomic E-state index is 0.325. The molecule has 1 N–H and O–H groups in total. The number of methoxy groups -OCH3 is 2. The standard InChI is InChI=1S/C20H26N2O5S/c1-15(20(23)21-13-12-16-8-6-5-7-9-16)22(28(4,24)25)17-10-11-18(26-2)19(14-17)27-3/h5-11,14-15H,12-13H2,1-4H3,(H,21,23)/t15-/m1/s1. The van der Waals surface area contributed by atoms with Crippen molar-refractivity contribution in [2.45, 2.75) is 19.4 Å². The van der Waals surface area contributed by atoms with Crippen LogP contribution < -0.4 is 19.1 Å². The number of ether oxygens (including phenoxy) is 2. The Bertz CT molecular complexity index is 900. The largest absolute Gasteiger partial charge is 0.493 e. The van der Waals surface area contributed by atoms with E-state index in [4.69, 9.17) is 9.47 Å². The van der Waals surface area contributed by atoms with Gasteiger partial charge in [-0.25, -0.2) is 8.42 Å². The van der Waals surface area contributed by atoms with E-state index in [1.54, 1.807) is 19.1 Å². The van der Waals surface area contributed by atoms with E-state index in [9.17, 15) is 13.2 Å². The third kappa shape index (κ3) is 5.39. The highest BCUT2D eigenvalue weighted by Gasteiger charge is 2.29. The molecule has 28 heavy (non-hydrogen) atoms. The number of amides is 1. The van der Waals surface area contributed by atoms with Crippen LogP contribution >= 0.6 is 0 Å². The van der Waals surface area contributed by atoms with E-state index in [2.05, 4.69) is 5.32 Å². The highest BCUT2D eigenvalue weighted by molar-refractivity contribution is 7.92. The molecule has 0 aliphatic rings. The molecule has 0 unspecified atom stereocenters. The minimum atomic E-state index is -3.71. The van der Waals surface area contributed by atoms with E-state index in [-0.39, 0.29) is 5.91 Å².